The zero-order valence-electron chi connectivity index (χ0n) is 11.0. The third kappa shape index (κ3) is 2.38. The molecule has 0 radical (unpaired) electrons. The number of ether oxygens (including phenoxy) is 1. The molecule has 1 aliphatic heterocycles. The van der Waals surface area contributed by atoms with Crippen LogP contribution in [0.3, 0.4) is 0 Å². The van der Waals surface area contributed by atoms with Crippen molar-refractivity contribution in [1.82, 2.24) is 0 Å². The van der Waals surface area contributed by atoms with Crippen LogP contribution in [0.15, 0.2) is 12.1 Å². The molecule has 1 unspecified atom stereocenters. The summed E-state index contributed by atoms with van der Waals surface area (Å²) < 4.78 is 18.9. The third-order valence-electron chi connectivity index (χ3n) is 3.48. The van der Waals surface area contributed by atoms with E-state index in [1.807, 2.05) is 0 Å². The average molecular weight is 251 g/mol. The van der Waals surface area contributed by atoms with E-state index in [2.05, 4.69) is 4.90 Å². The Morgan fingerprint density at radius 1 is 1.50 bits per heavy atom. The normalized spacial score (nSPS) is 19.3. The Hall–Kier alpha value is -1.42. The second-order valence-corrected chi connectivity index (χ2v) is 4.77. The summed E-state index contributed by atoms with van der Waals surface area (Å²) >= 11 is 0. The van der Waals surface area contributed by atoms with Crippen molar-refractivity contribution in [3.63, 3.8) is 0 Å². The topological polar surface area (TPSA) is 29.5 Å². The van der Waals surface area contributed by atoms with Gasteiger partial charge in [0.25, 0.3) is 0 Å². The van der Waals surface area contributed by atoms with Crippen molar-refractivity contribution >= 4 is 11.5 Å². The number of carbonyl (C=O) groups is 1. The van der Waals surface area contributed by atoms with E-state index < -0.39 is 0 Å². The monoisotopic (exact) mass is 251 g/mol. The lowest BCUT2D eigenvalue weighted by molar-refractivity contribution is 0.101. The Labute approximate surface area is 107 Å². The lowest BCUT2D eigenvalue weighted by Gasteiger charge is -2.22. The van der Waals surface area contributed by atoms with Gasteiger partial charge in [0.05, 0.1) is 6.10 Å². The maximum Gasteiger partial charge on any atom is 0.161 e. The molecule has 0 saturated carbocycles. The number of hydrogen-bond acceptors (Lipinski definition) is 3. The van der Waals surface area contributed by atoms with E-state index in [1.54, 1.807) is 20.1 Å². The molecule has 0 aromatic heterocycles. The van der Waals surface area contributed by atoms with Crippen molar-refractivity contribution in [1.29, 1.82) is 0 Å². The van der Waals surface area contributed by atoms with Crippen molar-refractivity contribution in [3.8, 4) is 0 Å². The van der Waals surface area contributed by atoms with Gasteiger partial charge in [-0.3, -0.25) is 4.79 Å². The standard InChI is InChI=1S/C14H18FNO2/c1-9-6-14(12(10(2)17)7-13(9)15)16-5-4-11(8-16)18-3/h6-7,11H,4-5,8H2,1-3H3. The molecule has 3 nitrogen and oxygen atoms in total. The molecule has 0 spiro atoms. The fraction of sp³-hybridized carbons (Fsp3) is 0.500. The Kier molecular flexibility index (Phi) is 3.66. The number of benzene rings is 1. The van der Waals surface area contributed by atoms with Gasteiger partial charge >= 0.3 is 0 Å². The van der Waals surface area contributed by atoms with Gasteiger partial charge in [-0.15, -0.1) is 0 Å². The van der Waals surface area contributed by atoms with Crippen molar-refractivity contribution in [2.75, 3.05) is 25.1 Å². The molecule has 1 saturated heterocycles. The van der Waals surface area contributed by atoms with E-state index in [4.69, 9.17) is 4.74 Å². The Morgan fingerprint density at radius 2 is 2.22 bits per heavy atom. The predicted molar refractivity (Wildman–Crippen MR) is 68.8 cm³/mol. The van der Waals surface area contributed by atoms with Crippen LogP contribution in [0.25, 0.3) is 0 Å². The quantitative estimate of drug-likeness (QED) is 0.773. The molecule has 1 heterocycles. The number of aryl methyl sites for hydroxylation is 1. The van der Waals surface area contributed by atoms with Gasteiger partial charge in [-0.25, -0.2) is 4.39 Å². The Morgan fingerprint density at radius 3 is 2.78 bits per heavy atom. The fourth-order valence-electron chi connectivity index (χ4n) is 2.35. The third-order valence-corrected chi connectivity index (χ3v) is 3.48. The van der Waals surface area contributed by atoms with Crippen LogP contribution in [-0.4, -0.2) is 32.1 Å². The van der Waals surface area contributed by atoms with E-state index in [0.717, 1.165) is 25.2 Å². The number of ketones is 1. The molecule has 4 heteroatoms. The van der Waals surface area contributed by atoms with E-state index >= 15 is 0 Å². The summed E-state index contributed by atoms with van der Waals surface area (Å²) in [5, 5.41) is 0. The van der Waals surface area contributed by atoms with Crippen LogP contribution in [0.4, 0.5) is 10.1 Å². The number of halogens is 1. The first-order chi connectivity index (χ1) is 8.52. The summed E-state index contributed by atoms with van der Waals surface area (Å²) in [6.07, 6.45) is 1.12. The fourth-order valence-corrected chi connectivity index (χ4v) is 2.35. The number of carbonyl (C=O) groups excluding carboxylic acids is 1. The van der Waals surface area contributed by atoms with Crippen molar-refractivity contribution in [2.45, 2.75) is 26.4 Å². The molecular formula is C14H18FNO2. The molecule has 0 bridgehead atoms. The maximum atomic E-state index is 13.6. The summed E-state index contributed by atoms with van der Waals surface area (Å²) in [6, 6.07) is 3.09. The van der Waals surface area contributed by atoms with Crippen LogP contribution in [0.5, 0.6) is 0 Å². The van der Waals surface area contributed by atoms with Crippen molar-refractivity contribution < 1.29 is 13.9 Å². The van der Waals surface area contributed by atoms with E-state index in [9.17, 15) is 9.18 Å². The lowest BCUT2D eigenvalue weighted by atomic mass is 10.1. The van der Waals surface area contributed by atoms with Crippen LogP contribution in [0.2, 0.25) is 0 Å². The first kappa shape index (κ1) is 13.0. The first-order valence-corrected chi connectivity index (χ1v) is 6.11. The zero-order valence-corrected chi connectivity index (χ0v) is 11.0. The van der Waals surface area contributed by atoms with Gasteiger partial charge < -0.3 is 9.64 Å². The number of nitrogens with zero attached hydrogens (tertiary/aromatic N) is 1. The molecule has 18 heavy (non-hydrogen) atoms. The number of anilines is 1. The summed E-state index contributed by atoms with van der Waals surface area (Å²) in [5.74, 6) is -0.434. The molecular weight excluding hydrogens is 233 g/mol. The second-order valence-electron chi connectivity index (χ2n) is 4.77. The minimum absolute atomic E-state index is 0.107. The Bertz CT molecular complexity index is 473. The smallest absolute Gasteiger partial charge is 0.161 e. The van der Waals surface area contributed by atoms with E-state index in [0.29, 0.717) is 11.1 Å². The predicted octanol–water partition coefficient (Wildman–Crippen LogP) is 2.56. The number of methoxy groups -OCH3 is 1. The van der Waals surface area contributed by atoms with Crippen LogP contribution in [-0.2, 0) is 4.74 Å². The molecule has 0 N–H and O–H groups in total. The van der Waals surface area contributed by atoms with Crippen LogP contribution in [0.1, 0.15) is 29.3 Å². The van der Waals surface area contributed by atoms with Gasteiger partial charge in [0, 0.05) is 31.5 Å². The molecule has 1 aromatic carbocycles. The molecule has 2 rings (SSSR count). The SMILES string of the molecule is COC1CCN(c2cc(C)c(F)cc2C(C)=O)C1. The van der Waals surface area contributed by atoms with Gasteiger partial charge in [0.1, 0.15) is 5.82 Å². The summed E-state index contributed by atoms with van der Waals surface area (Å²) in [6.45, 7) is 4.77. The summed E-state index contributed by atoms with van der Waals surface area (Å²) in [5.41, 5.74) is 1.84. The molecule has 98 valence electrons. The number of rotatable bonds is 3. The van der Waals surface area contributed by atoms with Crippen LogP contribution in [0, 0.1) is 12.7 Å². The number of Topliss-reactive ketones (excluding diaryl/α,β-unsaturated/α-hetero) is 1. The highest BCUT2D eigenvalue weighted by atomic mass is 19.1. The largest absolute Gasteiger partial charge is 0.380 e. The van der Waals surface area contributed by atoms with Crippen LogP contribution >= 0.6 is 0 Å². The molecule has 1 aromatic rings. The average Bonchev–Trinajstić information content (AvgIpc) is 2.80. The first-order valence-electron chi connectivity index (χ1n) is 6.11. The minimum Gasteiger partial charge on any atom is -0.380 e. The number of hydrogen-bond donors (Lipinski definition) is 0. The van der Waals surface area contributed by atoms with Gasteiger partial charge in [0.2, 0.25) is 0 Å². The van der Waals surface area contributed by atoms with Crippen molar-refractivity contribution in [2.24, 2.45) is 0 Å². The van der Waals surface area contributed by atoms with Gasteiger partial charge in [-0.2, -0.15) is 0 Å². The Balaban J connectivity index is 2.37. The highest BCUT2D eigenvalue weighted by Crippen LogP contribution is 2.28. The minimum atomic E-state index is -0.327. The maximum absolute atomic E-state index is 13.6. The van der Waals surface area contributed by atoms with Gasteiger partial charge in [-0.1, -0.05) is 0 Å². The molecule has 0 amide bonds. The lowest BCUT2D eigenvalue weighted by Crippen LogP contribution is -2.24. The summed E-state index contributed by atoms with van der Waals surface area (Å²) in [4.78, 5) is 13.7. The van der Waals surface area contributed by atoms with E-state index in [1.165, 1.54) is 13.0 Å². The molecule has 0 aliphatic carbocycles. The zero-order chi connectivity index (χ0) is 13.3. The summed E-state index contributed by atoms with van der Waals surface area (Å²) in [7, 11) is 1.69. The van der Waals surface area contributed by atoms with Gasteiger partial charge in [0.15, 0.2) is 5.78 Å². The van der Waals surface area contributed by atoms with Crippen molar-refractivity contribution in [3.05, 3.63) is 29.1 Å². The second kappa shape index (κ2) is 5.06. The van der Waals surface area contributed by atoms with E-state index in [-0.39, 0.29) is 17.7 Å². The highest BCUT2D eigenvalue weighted by molar-refractivity contribution is 6.00. The molecule has 1 fully saturated rings. The van der Waals surface area contributed by atoms with Crippen LogP contribution < -0.4 is 4.90 Å². The highest BCUT2D eigenvalue weighted by Gasteiger charge is 2.25. The molecule has 1 aliphatic rings. The van der Waals surface area contributed by atoms with Gasteiger partial charge in [-0.05, 0) is 38.0 Å². The molecule has 1 atom stereocenters.